The van der Waals surface area contributed by atoms with Gasteiger partial charge in [-0.15, -0.1) is 0 Å². The van der Waals surface area contributed by atoms with E-state index < -0.39 is 17.8 Å². The normalized spacial score (nSPS) is 14.7. The molecule has 0 N–H and O–H groups in total. The Morgan fingerprint density at radius 1 is 1.03 bits per heavy atom. The Kier molecular flexibility index (Phi) is 9.08. The number of carbonyl (C=O) groups excluding carboxylic acids is 3. The zero-order valence-corrected chi connectivity index (χ0v) is 20.0. The second-order valence-corrected chi connectivity index (χ2v) is 7.87. The molecule has 0 unspecified atom stereocenters. The lowest BCUT2D eigenvalue weighted by Crippen LogP contribution is -2.44. The van der Waals surface area contributed by atoms with Crippen LogP contribution in [0.2, 0.25) is 0 Å². The monoisotopic (exact) mass is 492 g/mol. The molecule has 0 spiro atoms. The Labute approximate surface area is 208 Å². The number of halogens is 1. The summed E-state index contributed by atoms with van der Waals surface area (Å²) in [5, 5.41) is 9.51. The highest BCUT2D eigenvalue weighted by atomic mass is 19.1. The molecule has 2 aromatic rings. The standard InChI is InChI=1S/C27H25FN2O6/c1-18-24(15-20-5-9-23(10-6-20)36-17-21-3-7-22(28)8-4-21)26(32)30(27(33)25(18)16-29)11-12-34-13-14-35-19(2)31/h3-10,15H,11-14,17H2,1-2H3/b24-15+. The number of imide groups is 1. The number of ether oxygens (including phenoxy) is 3. The molecule has 2 aromatic carbocycles. The molecule has 36 heavy (non-hydrogen) atoms. The van der Waals surface area contributed by atoms with Crippen molar-refractivity contribution in [2.45, 2.75) is 20.5 Å². The van der Waals surface area contributed by atoms with Gasteiger partial charge >= 0.3 is 5.97 Å². The third kappa shape index (κ3) is 6.87. The summed E-state index contributed by atoms with van der Waals surface area (Å²) in [4.78, 5) is 37.5. The van der Waals surface area contributed by atoms with E-state index in [9.17, 15) is 24.0 Å². The molecular weight excluding hydrogens is 467 g/mol. The van der Waals surface area contributed by atoms with Crippen LogP contribution in [0.1, 0.15) is 25.0 Å². The van der Waals surface area contributed by atoms with Crippen LogP contribution in [0.3, 0.4) is 0 Å². The van der Waals surface area contributed by atoms with Crippen LogP contribution in [0.15, 0.2) is 65.3 Å². The van der Waals surface area contributed by atoms with Crippen LogP contribution in [-0.2, 0) is 30.5 Å². The smallest absolute Gasteiger partial charge is 0.302 e. The number of carbonyl (C=O) groups is 3. The van der Waals surface area contributed by atoms with Gasteiger partial charge in [0.15, 0.2) is 0 Å². The molecule has 0 aromatic heterocycles. The second kappa shape index (κ2) is 12.4. The number of esters is 1. The maximum Gasteiger partial charge on any atom is 0.302 e. The Balaban J connectivity index is 1.68. The highest BCUT2D eigenvalue weighted by molar-refractivity contribution is 6.19. The fourth-order valence-corrected chi connectivity index (χ4v) is 3.41. The van der Waals surface area contributed by atoms with Crippen molar-refractivity contribution in [3.63, 3.8) is 0 Å². The Morgan fingerprint density at radius 2 is 1.72 bits per heavy atom. The summed E-state index contributed by atoms with van der Waals surface area (Å²) in [7, 11) is 0. The van der Waals surface area contributed by atoms with E-state index in [1.807, 2.05) is 6.07 Å². The maximum absolute atomic E-state index is 13.1. The molecule has 1 aliphatic heterocycles. The van der Waals surface area contributed by atoms with E-state index in [2.05, 4.69) is 0 Å². The van der Waals surface area contributed by atoms with Crippen molar-refractivity contribution in [2.75, 3.05) is 26.4 Å². The van der Waals surface area contributed by atoms with Crippen molar-refractivity contribution in [2.24, 2.45) is 0 Å². The molecule has 0 aliphatic carbocycles. The van der Waals surface area contributed by atoms with Crippen LogP contribution in [0.5, 0.6) is 5.75 Å². The first kappa shape index (κ1) is 26.3. The number of hydrogen-bond donors (Lipinski definition) is 0. The fraction of sp³-hybridized carbons (Fsp3) is 0.259. The van der Waals surface area contributed by atoms with Crippen molar-refractivity contribution >= 4 is 23.9 Å². The summed E-state index contributed by atoms with van der Waals surface area (Å²) in [5.74, 6) is -1.36. The molecule has 9 heteroatoms. The Bertz CT molecular complexity index is 1230. The molecule has 0 radical (unpaired) electrons. The molecule has 0 bridgehead atoms. The largest absolute Gasteiger partial charge is 0.489 e. The molecule has 1 aliphatic rings. The number of amides is 2. The predicted molar refractivity (Wildman–Crippen MR) is 128 cm³/mol. The van der Waals surface area contributed by atoms with E-state index in [-0.39, 0.29) is 49.9 Å². The highest BCUT2D eigenvalue weighted by Crippen LogP contribution is 2.27. The maximum atomic E-state index is 13.1. The van der Waals surface area contributed by atoms with Crippen molar-refractivity contribution in [3.05, 3.63) is 82.2 Å². The molecule has 0 atom stereocenters. The van der Waals surface area contributed by atoms with Gasteiger partial charge in [-0.25, -0.2) is 4.39 Å². The summed E-state index contributed by atoms with van der Waals surface area (Å²) in [5.41, 5.74) is 1.92. The average Bonchev–Trinajstić information content (AvgIpc) is 2.86. The number of hydrogen-bond acceptors (Lipinski definition) is 7. The number of benzene rings is 2. The van der Waals surface area contributed by atoms with Gasteiger partial charge in [-0.1, -0.05) is 24.3 Å². The zero-order chi connectivity index (χ0) is 26.1. The van der Waals surface area contributed by atoms with Gasteiger partial charge in [0.05, 0.1) is 19.8 Å². The van der Waals surface area contributed by atoms with Gasteiger partial charge in [-0.3, -0.25) is 19.3 Å². The number of nitrogens with zero attached hydrogens (tertiary/aromatic N) is 2. The molecule has 0 saturated heterocycles. The molecule has 3 rings (SSSR count). The third-order valence-electron chi connectivity index (χ3n) is 5.33. The topological polar surface area (TPSA) is 106 Å². The van der Waals surface area contributed by atoms with Gasteiger partial charge < -0.3 is 14.2 Å². The quantitative estimate of drug-likeness (QED) is 0.216. The van der Waals surface area contributed by atoms with Gasteiger partial charge in [0.2, 0.25) is 0 Å². The van der Waals surface area contributed by atoms with Crippen LogP contribution >= 0.6 is 0 Å². The SMILES string of the molecule is CC(=O)OCCOCCN1C(=O)C(C#N)=C(C)/C(=C\c2ccc(OCc3ccc(F)cc3)cc2)C1=O. The lowest BCUT2D eigenvalue weighted by molar-refractivity contribution is -0.142. The van der Waals surface area contributed by atoms with Gasteiger partial charge in [0.1, 0.15) is 36.4 Å². The first-order valence-corrected chi connectivity index (χ1v) is 11.2. The van der Waals surface area contributed by atoms with Crippen LogP contribution in [0.25, 0.3) is 6.08 Å². The average molecular weight is 493 g/mol. The van der Waals surface area contributed by atoms with Crippen LogP contribution < -0.4 is 4.74 Å². The van der Waals surface area contributed by atoms with E-state index in [1.165, 1.54) is 19.1 Å². The van der Waals surface area contributed by atoms with E-state index >= 15 is 0 Å². The van der Waals surface area contributed by atoms with E-state index in [0.29, 0.717) is 16.9 Å². The van der Waals surface area contributed by atoms with E-state index in [1.54, 1.807) is 49.4 Å². The summed E-state index contributed by atoms with van der Waals surface area (Å²) in [6, 6.07) is 14.9. The number of nitriles is 1. The van der Waals surface area contributed by atoms with Crippen molar-refractivity contribution in [1.29, 1.82) is 5.26 Å². The molecular formula is C27H25FN2O6. The Morgan fingerprint density at radius 3 is 2.36 bits per heavy atom. The van der Waals surface area contributed by atoms with Gasteiger partial charge in [0.25, 0.3) is 11.8 Å². The molecule has 0 saturated carbocycles. The fourth-order valence-electron chi connectivity index (χ4n) is 3.41. The van der Waals surface area contributed by atoms with E-state index in [0.717, 1.165) is 10.5 Å². The second-order valence-electron chi connectivity index (χ2n) is 7.87. The summed E-state index contributed by atoms with van der Waals surface area (Å²) in [6.07, 6.45) is 1.61. The number of rotatable bonds is 10. The lowest BCUT2D eigenvalue weighted by Gasteiger charge is -2.27. The lowest BCUT2D eigenvalue weighted by atomic mass is 9.93. The minimum atomic E-state index is -0.676. The minimum Gasteiger partial charge on any atom is -0.489 e. The van der Waals surface area contributed by atoms with Crippen molar-refractivity contribution in [3.8, 4) is 11.8 Å². The van der Waals surface area contributed by atoms with Crippen LogP contribution in [0, 0.1) is 17.1 Å². The van der Waals surface area contributed by atoms with Gasteiger partial charge in [-0.2, -0.15) is 5.26 Å². The minimum absolute atomic E-state index is 0.0316. The summed E-state index contributed by atoms with van der Waals surface area (Å²) in [6.45, 7) is 3.28. The summed E-state index contributed by atoms with van der Waals surface area (Å²) < 4.78 is 28.8. The third-order valence-corrected chi connectivity index (χ3v) is 5.33. The molecule has 1 heterocycles. The first-order chi connectivity index (χ1) is 17.3. The van der Waals surface area contributed by atoms with Gasteiger partial charge in [0, 0.05) is 12.5 Å². The van der Waals surface area contributed by atoms with Crippen molar-refractivity contribution in [1.82, 2.24) is 4.90 Å². The van der Waals surface area contributed by atoms with Crippen LogP contribution in [0.4, 0.5) is 4.39 Å². The zero-order valence-electron chi connectivity index (χ0n) is 20.0. The Hall–Kier alpha value is -4.29. The molecule has 0 fully saturated rings. The van der Waals surface area contributed by atoms with Crippen molar-refractivity contribution < 1.29 is 33.0 Å². The highest BCUT2D eigenvalue weighted by Gasteiger charge is 2.35. The predicted octanol–water partition coefficient (Wildman–Crippen LogP) is 3.58. The van der Waals surface area contributed by atoms with E-state index in [4.69, 9.17) is 14.2 Å². The molecule has 186 valence electrons. The molecule has 2 amide bonds. The summed E-state index contributed by atoms with van der Waals surface area (Å²) >= 11 is 0. The van der Waals surface area contributed by atoms with Gasteiger partial charge in [-0.05, 0) is 54.0 Å². The molecule has 8 nitrogen and oxygen atoms in total. The first-order valence-electron chi connectivity index (χ1n) is 11.2. The van der Waals surface area contributed by atoms with Crippen LogP contribution in [-0.4, -0.2) is 49.0 Å².